The summed E-state index contributed by atoms with van der Waals surface area (Å²) in [5, 5.41) is 9.46. The average molecular weight is 405 g/mol. The second-order valence-electron chi connectivity index (χ2n) is 6.69. The van der Waals surface area contributed by atoms with Gasteiger partial charge in [0.2, 0.25) is 11.7 Å². The lowest BCUT2D eigenvalue weighted by Gasteiger charge is -2.19. The number of carbonyl (C=O) groups is 2. The molecule has 3 rings (SSSR count). The molecule has 0 aliphatic carbocycles. The fourth-order valence-electron chi connectivity index (χ4n) is 2.27. The fraction of sp³-hybridized carbons (Fsp3) is 0.333. The van der Waals surface area contributed by atoms with E-state index in [2.05, 4.69) is 20.6 Å². The number of thiophene rings is 2. The van der Waals surface area contributed by atoms with Crippen molar-refractivity contribution in [3.8, 4) is 0 Å². The van der Waals surface area contributed by atoms with Crippen molar-refractivity contribution in [1.29, 1.82) is 0 Å². The highest BCUT2D eigenvalue weighted by Crippen LogP contribution is 2.26. The minimum atomic E-state index is -0.540. The molecule has 0 aliphatic rings. The van der Waals surface area contributed by atoms with Crippen LogP contribution in [-0.4, -0.2) is 40.5 Å². The van der Waals surface area contributed by atoms with Gasteiger partial charge in [-0.1, -0.05) is 6.07 Å². The summed E-state index contributed by atoms with van der Waals surface area (Å²) in [4.78, 5) is 33.9. The van der Waals surface area contributed by atoms with Crippen molar-refractivity contribution in [2.75, 3.05) is 18.4 Å². The molecule has 3 aromatic heterocycles. The van der Waals surface area contributed by atoms with E-state index < -0.39 is 11.7 Å². The number of alkyl carbamates (subject to hydrolysis) is 1. The Morgan fingerprint density at radius 1 is 1.11 bits per heavy atom. The van der Waals surface area contributed by atoms with E-state index in [1.54, 1.807) is 26.8 Å². The minimum Gasteiger partial charge on any atom is -0.444 e. The zero-order valence-electron chi connectivity index (χ0n) is 15.2. The number of carbonyl (C=O) groups excluding carboxylic acids is 2. The van der Waals surface area contributed by atoms with Crippen LogP contribution in [0.5, 0.6) is 0 Å². The molecule has 0 bridgehead atoms. The first-order chi connectivity index (χ1) is 12.8. The predicted octanol–water partition coefficient (Wildman–Crippen LogP) is 3.92. The van der Waals surface area contributed by atoms with Gasteiger partial charge in [-0.15, -0.1) is 22.7 Å². The van der Waals surface area contributed by atoms with Crippen LogP contribution in [0.4, 0.5) is 10.7 Å². The van der Waals surface area contributed by atoms with Crippen LogP contribution >= 0.6 is 22.7 Å². The number of hydrogen-bond acceptors (Lipinski definition) is 8. The molecular formula is C18H20N4O3S2. The Kier molecular flexibility index (Phi) is 5.71. The lowest BCUT2D eigenvalue weighted by Crippen LogP contribution is -2.35. The predicted molar refractivity (Wildman–Crippen MR) is 108 cm³/mol. The van der Waals surface area contributed by atoms with Gasteiger partial charge in [0.25, 0.3) is 0 Å². The summed E-state index contributed by atoms with van der Waals surface area (Å²) in [5.74, 6) is 0.238. The van der Waals surface area contributed by atoms with E-state index in [1.165, 1.54) is 22.7 Å². The first kappa shape index (κ1) is 19.2. The van der Waals surface area contributed by atoms with E-state index >= 15 is 0 Å². The summed E-state index contributed by atoms with van der Waals surface area (Å²) < 4.78 is 5.95. The highest BCUT2D eigenvalue weighted by Gasteiger charge is 2.19. The molecule has 3 heterocycles. The number of aromatic nitrogens is 2. The number of fused-ring (bicyclic) bond motifs is 1. The van der Waals surface area contributed by atoms with Crippen LogP contribution in [0.15, 0.2) is 29.0 Å². The standard InChI is InChI=1S/C18H20N4O3S2/c1-18(2,3)25-17(24)20-8-7-19-16-21-11-6-10-27-15(11)13(22-16)14(23)12-5-4-9-26-12/h4-6,9-10H,7-8H2,1-3H3,(H,20,24)(H,19,21,22). The van der Waals surface area contributed by atoms with Crippen LogP contribution < -0.4 is 10.6 Å². The van der Waals surface area contributed by atoms with Gasteiger partial charge in [0.1, 0.15) is 11.3 Å². The normalized spacial score (nSPS) is 11.4. The van der Waals surface area contributed by atoms with Gasteiger partial charge in [0.15, 0.2) is 0 Å². The topological polar surface area (TPSA) is 93.2 Å². The Bertz CT molecular complexity index is 945. The smallest absolute Gasteiger partial charge is 0.407 e. The Hall–Kier alpha value is -2.52. The molecule has 2 N–H and O–H groups in total. The van der Waals surface area contributed by atoms with Crippen LogP contribution in [0.3, 0.4) is 0 Å². The molecule has 0 fully saturated rings. The monoisotopic (exact) mass is 404 g/mol. The molecule has 142 valence electrons. The van der Waals surface area contributed by atoms with Crippen LogP contribution in [0, 0.1) is 0 Å². The van der Waals surface area contributed by atoms with Crippen LogP contribution in [0.25, 0.3) is 10.2 Å². The van der Waals surface area contributed by atoms with Crippen molar-refractivity contribution in [2.45, 2.75) is 26.4 Å². The van der Waals surface area contributed by atoms with Crippen molar-refractivity contribution >= 4 is 50.7 Å². The van der Waals surface area contributed by atoms with Gasteiger partial charge in [-0.05, 0) is 43.7 Å². The van der Waals surface area contributed by atoms with Gasteiger partial charge in [-0.25, -0.2) is 14.8 Å². The van der Waals surface area contributed by atoms with Gasteiger partial charge in [-0.3, -0.25) is 4.79 Å². The van der Waals surface area contributed by atoms with Crippen LogP contribution in [-0.2, 0) is 4.74 Å². The van der Waals surface area contributed by atoms with Gasteiger partial charge < -0.3 is 15.4 Å². The quantitative estimate of drug-likeness (QED) is 0.478. The summed E-state index contributed by atoms with van der Waals surface area (Å²) in [6.45, 7) is 6.16. The Balaban J connectivity index is 1.67. The van der Waals surface area contributed by atoms with E-state index in [4.69, 9.17) is 4.74 Å². The number of amides is 1. The Morgan fingerprint density at radius 2 is 1.93 bits per heavy atom. The van der Waals surface area contributed by atoms with Crippen LogP contribution in [0.2, 0.25) is 0 Å². The van der Waals surface area contributed by atoms with Gasteiger partial charge in [0, 0.05) is 13.1 Å². The molecule has 0 spiro atoms. The molecule has 0 atom stereocenters. The van der Waals surface area contributed by atoms with Crippen molar-refractivity contribution < 1.29 is 14.3 Å². The molecular weight excluding hydrogens is 384 g/mol. The molecule has 3 aromatic rings. The third kappa shape index (κ3) is 5.01. The summed E-state index contributed by atoms with van der Waals surface area (Å²) in [7, 11) is 0. The second-order valence-corrected chi connectivity index (χ2v) is 8.56. The minimum absolute atomic E-state index is 0.116. The number of nitrogens with one attached hydrogen (secondary N) is 2. The fourth-order valence-corrected chi connectivity index (χ4v) is 3.76. The zero-order chi connectivity index (χ0) is 19.4. The largest absolute Gasteiger partial charge is 0.444 e. The maximum atomic E-state index is 12.7. The Morgan fingerprint density at radius 3 is 2.63 bits per heavy atom. The summed E-state index contributed by atoms with van der Waals surface area (Å²) in [6.07, 6.45) is -0.480. The van der Waals surface area contributed by atoms with Crippen molar-refractivity contribution in [2.24, 2.45) is 0 Å². The van der Waals surface area contributed by atoms with E-state index in [1.807, 2.05) is 22.9 Å². The third-order valence-electron chi connectivity index (χ3n) is 3.34. The highest BCUT2D eigenvalue weighted by atomic mass is 32.1. The summed E-state index contributed by atoms with van der Waals surface area (Å²) in [5.41, 5.74) is 0.569. The molecule has 27 heavy (non-hydrogen) atoms. The van der Waals surface area contributed by atoms with E-state index in [0.29, 0.717) is 29.6 Å². The first-order valence-electron chi connectivity index (χ1n) is 8.38. The number of anilines is 1. The van der Waals surface area contributed by atoms with E-state index in [0.717, 1.165) is 10.2 Å². The second kappa shape index (κ2) is 8.01. The molecule has 1 amide bonds. The number of ether oxygens (including phenoxy) is 1. The molecule has 0 saturated carbocycles. The lowest BCUT2D eigenvalue weighted by molar-refractivity contribution is 0.0530. The summed E-state index contributed by atoms with van der Waals surface area (Å²) >= 11 is 2.83. The molecule has 9 heteroatoms. The molecule has 0 aromatic carbocycles. The SMILES string of the molecule is CC(C)(C)OC(=O)NCCNc1nc(C(=O)c2cccs2)c2sccc2n1. The van der Waals surface area contributed by atoms with Crippen molar-refractivity contribution in [3.63, 3.8) is 0 Å². The lowest BCUT2D eigenvalue weighted by atomic mass is 10.2. The Labute approximate surface area is 164 Å². The van der Waals surface area contributed by atoms with Crippen molar-refractivity contribution in [3.05, 3.63) is 39.5 Å². The molecule has 0 aliphatic heterocycles. The summed E-state index contributed by atoms with van der Waals surface area (Å²) in [6, 6.07) is 5.48. The average Bonchev–Trinajstić information content (AvgIpc) is 3.27. The number of ketones is 1. The maximum Gasteiger partial charge on any atom is 0.407 e. The number of nitrogens with zero attached hydrogens (tertiary/aromatic N) is 2. The molecule has 0 saturated heterocycles. The molecule has 0 unspecified atom stereocenters. The van der Waals surface area contributed by atoms with Gasteiger partial charge in [0.05, 0.1) is 15.1 Å². The number of rotatable bonds is 6. The zero-order valence-corrected chi connectivity index (χ0v) is 16.9. The maximum absolute atomic E-state index is 12.7. The molecule has 0 radical (unpaired) electrons. The molecule has 7 nitrogen and oxygen atoms in total. The van der Waals surface area contributed by atoms with Crippen molar-refractivity contribution in [1.82, 2.24) is 15.3 Å². The number of hydrogen-bond donors (Lipinski definition) is 2. The van der Waals surface area contributed by atoms with Gasteiger partial charge >= 0.3 is 6.09 Å². The van der Waals surface area contributed by atoms with Crippen LogP contribution in [0.1, 0.15) is 36.1 Å². The van der Waals surface area contributed by atoms with E-state index in [-0.39, 0.29) is 5.78 Å². The highest BCUT2D eigenvalue weighted by molar-refractivity contribution is 7.17. The van der Waals surface area contributed by atoms with Gasteiger partial charge in [-0.2, -0.15) is 0 Å². The third-order valence-corrected chi connectivity index (χ3v) is 5.12. The first-order valence-corrected chi connectivity index (χ1v) is 10.1. The van der Waals surface area contributed by atoms with E-state index in [9.17, 15) is 9.59 Å².